The highest BCUT2D eigenvalue weighted by Crippen LogP contribution is 1.82. The zero-order valence-corrected chi connectivity index (χ0v) is 6.91. The minimum absolute atomic E-state index is 0. The van der Waals surface area contributed by atoms with E-state index in [1.165, 1.54) is 0 Å². The SMILES string of the molecule is Cl.N=C(N)NCCCC(N)=O. The third-order valence-corrected chi connectivity index (χ3v) is 0.915. The van der Waals surface area contributed by atoms with Gasteiger partial charge in [-0.25, -0.2) is 0 Å². The zero-order chi connectivity index (χ0) is 7.98. The van der Waals surface area contributed by atoms with Crippen molar-refractivity contribution in [3.8, 4) is 0 Å². The lowest BCUT2D eigenvalue weighted by molar-refractivity contribution is -0.118. The fraction of sp³-hybridized carbons (Fsp3) is 0.600. The molecule has 0 saturated heterocycles. The van der Waals surface area contributed by atoms with Crippen LogP contribution >= 0.6 is 12.4 Å². The summed E-state index contributed by atoms with van der Waals surface area (Å²) in [6.07, 6.45) is 0.954. The van der Waals surface area contributed by atoms with Crippen LogP contribution in [0.5, 0.6) is 0 Å². The number of amides is 1. The highest BCUT2D eigenvalue weighted by atomic mass is 35.5. The van der Waals surface area contributed by atoms with Crippen molar-refractivity contribution in [2.24, 2.45) is 11.5 Å². The molecule has 0 aromatic heterocycles. The summed E-state index contributed by atoms with van der Waals surface area (Å²) in [6.45, 7) is 0.526. The number of halogens is 1. The van der Waals surface area contributed by atoms with Gasteiger partial charge in [0.1, 0.15) is 0 Å². The first-order valence-corrected chi connectivity index (χ1v) is 2.99. The maximum atomic E-state index is 10.2. The molecule has 0 rings (SSSR count). The molecule has 0 aliphatic carbocycles. The Balaban J connectivity index is 0. The molecule has 5 nitrogen and oxygen atoms in total. The molecule has 0 saturated carbocycles. The van der Waals surface area contributed by atoms with E-state index < -0.39 is 0 Å². The first-order valence-electron chi connectivity index (χ1n) is 2.99. The molecule has 0 unspecified atom stereocenters. The molecule has 0 atom stereocenters. The molecule has 11 heavy (non-hydrogen) atoms. The molecular formula is C5H13ClN4O. The van der Waals surface area contributed by atoms with E-state index in [1.807, 2.05) is 0 Å². The van der Waals surface area contributed by atoms with E-state index in [0.29, 0.717) is 19.4 Å². The Morgan fingerprint density at radius 3 is 2.36 bits per heavy atom. The lowest BCUT2D eigenvalue weighted by Crippen LogP contribution is -2.31. The van der Waals surface area contributed by atoms with E-state index in [-0.39, 0.29) is 24.3 Å². The van der Waals surface area contributed by atoms with Crippen LogP contribution in [0.3, 0.4) is 0 Å². The second kappa shape index (κ2) is 7.14. The number of guanidine groups is 1. The van der Waals surface area contributed by atoms with Crippen LogP contribution in [0.1, 0.15) is 12.8 Å². The molecule has 66 valence electrons. The normalized spacial score (nSPS) is 8.00. The third kappa shape index (κ3) is 12.3. The van der Waals surface area contributed by atoms with Crippen molar-refractivity contribution in [2.75, 3.05) is 6.54 Å². The molecule has 0 aromatic rings. The molecule has 0 aliphatic heterocycles. The van der Waals surface area contributed by atoms with E-state index in [1.54, 1.807) is 0 Å². The molecule has 0 spiro atoms. The first kappa shape index (κ1) is 12.7. The van der Waals surface area contributed by atoms with Gasteiger partial charge in [0, 0.05) is 13.0 Å². The molecule has 0 aromatic carbocycles. The summed E-state index contributed by atoms with van der Waals surface area (Å²) >= 11 is 0. The van der Waals surface area contributed by atoms with Crippen LogP contribution in [0, 0.1) is 5.41 Å². The lowest BCUT2D eigenvalue weighted by Gasteiger charge is -2.00. The van der Waals surface area contributed by atoms with E-state index in [0.717, 1.165) is 0 Å². The smallest absolute Gasteiger partial charge is 0.217 e. The zero-order valence-electron chi connectivity index (χ0n) is 6.09. The predicted octanol–water partition coefficient (Wildman–Crippen LogP) is -0.843. The summed E-state index contributed by atoms with van der Waals surface area (Å²) < 4.78 is 0. The van der Waals surface area contributed by atoms with Gasteiger partial charge in [-0.15, -0.1) is 12.4 Å². The summed E-state index contributed by atoms with van der Waals surface area (Å²) in [5.41, 5.74) is 9.82. The van der Waals surface area contributed by atoms with Gasteiger partial charge in [0.25, 0.3) is 0 Å². The minimum atomic E-state index is -0.328. The second-order valence-electron chi connectivity index (χ2n) is 1.91. The van der Waals surface area contributed by atoms with Crippen LogP contribution in [0.25, 0.3) is 0 Å². The first-order chi connectivity index (χ1) is 4.63. The summed E-state index contributed by atoms with van der Waals surface area (Å²) in [6, 6.07) is 0. The van der Waals surface area contributed by atoms with Crippen LogP contribution in [0.15, 0.2) is 0 Å². The van der Waals surface area contributed by atoms with Crippen LogP contribution in [-0.4, -0.2) is 18.4 Å². The average Bonchev–Trinajstić information content (AvgIpc) is 1.79. The van der Waals surface area contributed by atoms with Gasteiger partial charge in [-0.05, 0) is 6.42 Å². The Kier molecular flexibility index (Phi) is 8.23. The summed E-state index contributed by atoms with van der Waals surface area (Å²) in [7, 11) is 0. The van der Waals surface area contributed by atoms with Crippen molar-refractivity contribution in [1.82, 2.24) is 5.32 Å². The van der Waals surface area contributed by atoms with E-state index in [4.69, 9.17) is 16.9 Å². The molecular weight excluding hydrogens is 168 g/mol. The Morgan fingerprint density at radius 2 is 2.00 bits per heavy atom. The highest BCUT2D eigenvalue weighted by Gasteiger charge is 1.92. The Morgan fingerprint density at radius 1 is 1.45 bits per heavy atom. The average molecular weight is 181 g/mol. The van der Waals surface area contributed by atoms with Crippen molar-refractivity contribution in [2.45, 2.75) is 12.8 Å². The number of rotatable bonds is 4. The number of carbonyl (C=O) groups is 1. The van der Waals surface area contributed by atoms with E-state index in [2.05, 4.69) is 5.32 Å². The van der Waals surface area contributed by atoms with Crippen LogP contribution in [0.2, 0.25) is 0 Å². The fourth-order valence-electron chi connectivity index (χ4n) is 0.486. The highest BCUT2D eigenvalue weighted by molar-refractivity contribution is 5.85. The number of carbonyl (C=O) groups excluding carboxylic acids is 1. The Labute approximate surface area is 71.4 Å². The van der Waals surface area contributed by atoms with Gasteiger partial charge in [-0.2, -0.15) is 0 Å². The molecule has 0 heterocycles. The van der Waals surface area contributed by atoms with Gasteiger partial charge in [-0.1, -0.05) is 0 Å². The molecule has 0 fully saturated rings. The fourth-order valence-corrected chi connectivity index (χ4v) is 0.486. The van der Waals surface area contributed by atoms with Gasteiger partial charge < -0.3 is 16.8 Å². The number of primary amides is 1. The van der Waals surface area contributed by atoms with Crippen LogP contribution in [0.4, 0.5) is 0 Å². The summed E-state index contributed by atoms with van der Waals surface area (Å²) in [5.74, 6) is -0.408. The van der Waals surface area contributed by atoms with Crippen molar-refractivity contribution in [3.63, 3.8) is 0 Å². The van der Waals surface area contributed by atoms with Gasteiger partial charge in [-0.3, -0.25) is 10.2 Å². The number of nitrogens with two attached hydrogens (primary N) is 2. The number of hydrogen-bond acceptors (Lipinski definition) is 2. The number of nitrogens with one attached hydrogen (secondary N) is 2. The van der Waals surface area contributed by atoms with Gasteiger partial charge >= 0.3 is 0 Å². The van der Waals surface area contributed by atoms with Crippen molar-refractivity contribution in [1.29, 1.82) is 5.41 Å². The molecule has 0 aliphatic rings. The Bertz CT molecular complexity index is 122. The van der Waals surface area contributed by atoms with Crippen molar-refractivity contribution < 1.29 is 4.79 Å². The van der Waals surface area contributed by atoms with Crippen LogP contribution < -0.4 is 16.8 Å². The second-order valence-corrected chi connectivity index (χ2v) is 1.91. The van der Waals surface area contributed by atoms with Crippen molar-refractivity contribution in [3.05, 3.63) is 0 Å². The topological polar surface area (TPSA) is 105 Å². The van der Waals surface area contributed by atoms with E-state index >= 15 is 0 Å². The largest absolute Gasteiger partial charge is 0.370 e. The maximum Gasteiger partial charge on any atom is 0.217 e. The summed E-state index contributed by atoms with van der Waals surface area (Å²) in [5, 5.41) is 9.28. The number of hydrogen-bond donors (Lipinski definition) is 4. The minimum Gasteiger partial charge on any atom is -0.370 e. The lowest BCUT2D eigenvalue weighted by atomic mass is 10.3. The van der Waals surface area contributed by atoms with Crippen LogP contribution in [-0.2, 0) is 4.79 Å². The maximum absolute atomic E-state index is 10.2. The third-order valence-electron chi connectivity index (χ3n) is 0.915. The van der Waals surface area contributed by atoms with Gasteiger partial charge in [0.2, 0.25) is 5.91 Å². The van der Waals surface area contributed by atoms with Gasteiger partial charge in [0.15, 0.2) is 5.96 Å². The summed E-state index contributed by atoms with van der Waals surface area (Å²) in [4.78, 5) is 10.2. The van der Waals surface area contributed by atoms with Crippen molar-refractivity contribution >= 4 is 24.3 Å². The molecule has 1 amide bonds. The molecule has 0 radical (unpaired) electrons. The molecule has 0 bridgehead atoms. The quantitative estimate of drug-likeness (QED) is 0.258. The molecule has 6 N–H and O–H groups in total. The molecule has 6 heteroatoms. The van der Waals surface area contributed by atoms with Gasteiger partial charge in [0.05, 0.1) is 0 Å². The van der Waals surface area contributed by atoms with E-state index in [9.17, 15) is 4.79 Å². The Hall–Kier alpha value is -0.970. The predicted molar refractivity (Wildman–Crippen MR) is 45.6 cm³/mol. The standard InChI is InChI=1S/C5H12N4O.ClH/c6-4(10)2-1-3-9-5(7)8;/h1-3H2,(H2,6,10)(H4,7,8,9);1H. The monoisotopic (exact) mass is 180 g/mol.